The molecule has 3 aromatic carbocycles. The van der Waals surface area contributed by atoms with Crippen molar-refractivity contribution in [2.24, 2.45) is 0 Å². The average molecular weight is 596 g/mol. The number of benzene rings is 3. The van der Waals surface area contributed by atoms with Crippen molar-refractivity contribution in [3.05, 3.63) is 83.9 Å². The van der Waals surface area contributed by atoms with Gasteiger partial charge in [0, 0.05) is 18.7 Å². The third-order valence-corrected chi connectivity index (χ3v) is 8.97. The predicted molar refractivity (Wildman–Crippen MR) is 164 cm³/mol. The van der Waals surface area contributed by atoms with Gasteiger partial charge in [-0.3, -0.25) is 13.9 Å². The monoisotopic (exact) mass is 595 g/mol. The maximum Gasteiger partial charge on any atom is 0.264 e. The maximum absolute atomic E-state index is 14.1. The van der Waals surface area contributed by atoms with Gasteiger partial charge in [-0.05, 0) is 63.4 Å². The van der Waals surface area contributed by atoms with Gasteiger partial charge in [-0.15, -0.1) is 0 Å². The number of hydrogen-bond acceptors (Lipinski definition) is 6. The smallest absolute Gasteiger partial charge is 0.264 e. The molecule has 3 aromatic rings. The molecule has 0 fully saturated rings. The third kappa shape index (κ3) is 8.03. The molecular weight excluding hydrogens is 554 g/mol. The Balaban J connectivity index is 2.07. The molecule has 0 aliphatic heterocycles. The Morgan fingerprint density at radius 3 is 2.19 bits per heavy atom. The Kier molecular flexibility index (Phi) is 11.4. The van der Waals surface area contributed by atoms with Gasteiger partial charge in [0.05, 0.1) is 24.8 Å². The van der Waals surface area contributed by atoms with Crippen LogP contribution in [0, 0.1) is 6.92 Å². The van der Waals surface area contributed by atoms with Crippen molar-refractivity contribution < 1.29 is 27.5 Å². The van der Waals surface area contributed by atoms with E-state index in [4.69, 9.17) is 9.47 Å². The molecule has 9 nitrogen and oxygen atoms in total. The van der Waals surface area contributed by atoms with Crippen LogP contribution in [0.25, 0.3) is 0 Å². The highest BCUT2D eigenvalue weighted by atomic mass is 32.2. The van der Waals surface area contributed by atoms with E-state index in [0.717, 1.165) is 21.9 Å². The summed E-state index contributed by atoms with van der Waals surface area (Å²) in [6.07, 6.45) is 1.22. The highest BCUT2D eigenvalue weighted by Crippen LogP contribution is 2.36. The standard InChI is InChI=1S/C32H41N3O6S/c1-7-24(3)33-32(37)25(4)34(20-19-26-11-9-8-10-12-26)31(36)22-35(29-21-27(40-5)15-18-30(29)41-6)42(38,39)28-16-13-23(2)14-17-28/h8-18,21,24-25H,7,19-20,22H2,1-6H3,(H,33,37)/t24-,25-/m1/s1. The first-order valence-corrected chi connectivity index (χ1v) is 15.4. The summed E-state index contributed by atoms with van der Waals surface area (Å²) in [7, 11) is -1.34. The molecule has 0 heterocycles. The molecule has 0 bridgehead atoms. The van der Waals surface area contributed by atoms with Gasteiger partial charge in [0.15, 0.2) is 0 Å². The summed E-state index contributed by atoms with van der Waals surface area (Å²) in [6.45, 7) is 7.03. The topological polar surface area (TPSA) is 105 Å². The van der Waals surface area contributed by atoms with E-state index in [1.807, 2.05) is 51.1 Å². The van der Waals surface area contributed by atoms with E-state index < -0.39 is 28.5 Å². The second-order valence-corrected chi connectivity index (χ2v) is 12.0. The lowest BCUT2D eigenvalue weighted by Crippen LogP contribution is -2.53. The molecule has 0 unspecified atom stereocenters. The molecule has 0 aliphatic carbocycles. The van der Waals surface area contributed by atoms with E-state index in [-0.39, 0.29) is 34.8 Å². The van der Waals surface area contributed by atoms with Gasteiger partial charge in [0.1, 0.15) is 24.1 Å². The van der Waals surface area contributed by atoms with Crippen LogP contribution in [0.2, 0.25) is 0 Å². The zero-order valence-electron chi connectivity index (χ0n) is 25.2. The fourth-order valence-corrected chi connectivity index (χ4v) is 5.79. The summed E-state index contributed by atoms with van der Waals surface area (Å²) in [5.41, 5.74) is 2.03. The van der Waals surface area contributed by atoms with E-state index in [2.05, 4.69) is 5.32 Å². The van der Waals surface area contributed by atoms with Crippen molar-refractivity contribution in [1.29, 1.82) is 0 Å². The molecule has 0 radical (unpaired) electrons. The first kappa shape index (κ1) is 32.5. The molecule has 0 saturated carbocycles. The van der Waals surface area contributed by atoms with Crippen molar-refractivity contribution in [3.8, 4) is 11.5 Å². The number of carbonyl (C=O) groups excluding carboxylic acids is 2. The largest absolute Gasteiger partial charge is 0.497 e. The molecule has 2 amide bonds. The fraction of sp³-hybridized carbons (Fsp3) is 0.375. The van der Waals surface area contributed by atoms with Crippen LogP contribution in [-0.2, 0) is 26.0 Å². The van der Waals surface area contributed by atoms with E-state index in [0.29, 0.717) is 12.2 Å². The second-order valence-electron chi connectivity index (χ2n) is 10.2. The number of nitrogens with zero attached hydrogens (tertiary/aromatic N) is 2. The molecule has 42 heavy (non-hydrogen) atoms. The Hall–Kier alpha value is -4.05. The van der Waals surface area contributed by atoms with Crippen LogP contribution in [0.3, 0.4) is 0 Å². The van der Waals surface area contributed by atoms with Gasteiger partial charge >= 0.3 is 0 Å². The van der Waals surface area contributed by atoms with Crippen molar-refractivity contribution in [3.63, 3.8) is 0 Å². The molecule has 0 aromatic heterocycles. The summed E-state index contributed by atoms with van der Waals surface area (Å²) in [5, 5.41) is 2.94. The number of amides is 2. The normalized spacial score (nSPS) is 12.6. The van der Waals surface area contributed by atoms with Crippen LogP contribution < -0.4 is 19.1 Å². The zero-order chi connectivity index (χ0) is 30.9. The van der Waals surface area contributed by atoms with Crippen LogP contribution in [0.4, 0.5) is 5.69 Å². The SMILES string of the molecule is CC[C@@H](C)NC(=O)[C@@H](C)N(CCc1ccccc1)C(=O)CN(c1cc(OC)ccc1OC)S(=O)(=O)c1ccc(C)cc1. The molecule has 226 valence electrons. The summed E-state index contributed by atoms with van der Waals surface area (Å²) >= 11 is 0. The lowest BCUT2D eigenvalue weighted by molar-refractivity contribution is -0.139. The maximum atomic E-state index is 14.1. The Morgan fingerprint density at radius 2 is 1.60 bits per heavy atom. The van der Waals surface area contributed by atoms with Crippen molar-refractivity contribution >= 4 is 27.5 Å². The van der Waals surface area contributed by atoms with Crippen LogP contribution in [0.15, 0.2) is 77.7 Å². The van der Waals surface area contributed by atoms with Gasteiger partial charge in [0.25, 0.3) is 10.0 Å². The third-order valence-electron chi connectivity index (χ3n) is 7.20. The van der Waals surface area contributed by atoms with E-state index >= 15 is 0 Å². The molecule has 1 N–H and O–H groups in total. The number of carbonyl (C=O) groups is 2. The Morgan fingerprint density at radius 1 is 0.929 bits per heavy atom. The first-order valence-electron chi connectivity index (χ1n) is 14.0. The van der Waals surface area contributed by atoms with E-state index in [9.17, 15) is 18.0 Å². The lowest BCUT2D eigenvalue weighted by atomic mass is 10.1. The molecule has 3 rings (SSSR count). The number of ether oxygens (including phenoxy) is 2. The number of rotatable bonds is 14. The fourth-order valence-electron chi connectivity index (χ4n) is 4.38. The molecule has 0 spiro atoms. The van der Waals surface area contributed by atoms with E-state index in [1.54, 1.807) is 31.2 Å². The van der Waals surface area contributed by atoms with Crippen LogP contribution in [0.5, 0.6) is 11.5 Å². The lowest BCUT2D eigenvalue weighted by Gasteiger charge is -2.33. The number of aryl methyl sites for hydroxylation is 1. The van der Waals surface area contributed by atoms with Crippen molar-refractivity contribution in [2.75, 3.05) is 31.6 Å². The minimum atomic E-state index is -4.24. The number of hydrogen-bond donors (Lipinski definition) is 1. The Bertz CT molecular complexity index is 1440. The number of anilines is 1. The highest BCUT2D eigenvalue weighted by Gasteiger charge is 2.34. The summed E-state index contributed by atoms with van der Waals surface area (Å²) < 4.78 is 40.1. The van der Waals surface area contributed by atoms with Gasteiger partial charge in [-0.2, -0.15) is 0 Å². The van der Waals surface area contributed by atoms with Crippen molar-refractivity contribution in [2.45, 2.75) is 57.5 Å². The molecular formula is C32H41N3O6S. The predicted octanol–water partition coefficient (Wildman–Crippen LogP) is 4.58. The average Bonchev–Trinajstić information content (AvgIpc) is 3.00. The first-order chi connectivity index (χ1) is 20.0. The van der Waals surface area contributed by atoms with Gasteiger partial charge < -0.3 is 19.7 Å². The summed E-state index contributed by atoms with van der Waals surface area (Å²) in [4.78, 5) is 28.7. The van der Waals surface area contributed by atoms with Gasteiger partial charge in [-0.25, -0.2) is 8.42 Å². The zero-order valence-corrected chi connectivity index (χ0v) is 26.0. The Labute approximate surface area is 249 Å². The minimum Gasteiger partial charge on any atom is -0.497 e. The summed E-state index contributed by atoms with van der Waals surface area (Å²) in [6, 6.07) is 19.9. The number of nitrogens with one attached hydrogen (secondary N) is 1. The van der Waals surface area contributed by atoms with Gasteiger partial charge in [0.2, 0.25) is 11.8 Å². The molecule has 2 atom stereocenters. The molecule has 10 heteroatoms. The second kappa shape index (κ2) is 14.7. The van der Waals surface area contributed by atoms with E-state index in [1.165, 1.54) is 37.3 Å². The number of methoxy groups -OCH3 is 2. The van der Waals surface area contributed by atoms with Crippen LogP contribution in [0.1, 0.15) is 38.3 Å². The summed E-state index contributed by atoms with van der Waals surface area (Å²) in [5.74, 6) is -0.196. The number of sulfonamides is 1. The van der Waals surface area contributed by atoms with Crippen molar-refractivity contribution in [1.82, 2.24) is 10.2 Å². The van der Waals surface area contributed by atoms with Crippen LogP contribution in [-0.4, -0.2) is 64.5 Å². The molecule has 0 aliphatic rings. The quantitative estimate of drug-likeness (QED) is 0.293. The highest BCUT2D eigenvalue weighted by molar-refractivity contribution is 7.92. The van der Waals surface area contributed by atoms with Gasteiger partial charge in [-0.1, -0.05) is 55.0 Å². The molecule has 0 saturated heterocycles. The minimum absolute atomic E-state index is 0.0178. The van der Waals surface area contributed by atoms with Crippen LogP contribution >= 0.6 is 0 Å².